The monoisotopic (exact) mass is 397 g/mol. The van der Waals surface area contributed by atoms with Crippen molar-refractivity contribution in [3.05, 3.63) is 12.2 Å². The summed E-state index contributed by atoms with van der Waals surface area (Å²) in [5, 5.41) is 11.7. The van der Waals surface area contributed by atoms with Gasteiger partial charge in [-0.1, -0.05) is 70.4 Å². The van der Waals surface area contributed by atoms with E-state index in [1.807, 2.05) is 0 Å². The number of amides is 1. The molecule has 0 aliphatic heterocycles. The van der Waals surface area contributed by atoms with Crippen LogP contribution < -0.4 is 5.32 Å². The Morgan fingerprint density at radius 1 is 0.857 bits per heavy atom. The minimum atomic E-state index is -0.949. The quantitative estimate of drug-likeness (QED) is 0.181. The van der Waals surface area contributed by atoms with Crippen molar-refractivity contribution in [1.82, 2.24) is 5.32 Å². The zero-order valence-electron chi connectivity index (χ0n) is 18.2. The Labute approximate surface area is 172 Å². The molecule has 0 rings (SSSR count). The van der Waals surface area contributed by atoms with Crippen molar-refractivity contribution in [1.29, 1.82) is 0 Å². The lowest BCUT2D eigenvalue weighted by molar-refractivity contribution is -0.148. The van der Waals surface area contributed by atoms with Crippen molar-refractivity contribution in [2.45, 2.75) is 110 Å². The van der Waals surface area contributed by atoms with Crippen LogP contribution in [0, 0.1) is 0 Å². The zero-order chi connectivity index (χ0) is 20.9. The summed E-state index contributed by atoms with van der Waals surface area (Å²) < 4.78 is 4.81. The predicted octanol–water partition coefficient (Wildman–Crippen LogP) is 5.06. The Balaban J connectivity index is 3.48. The molecular formula is C23H43NO4. The SMILES string of the molecule is CCCCCCCC/C=C\CCCCCCCC(=O)NC(CO)C(=O)OCC. The minimum absolute atomic E-state index is 0.204. The van der Waals surface area contributed by atoms with Crippen LogP contribution in [-0.4, -0.2) is 36.2 Å². The van der Waals surface area contributed by atoms with Crippen molar-refractivity contribution in [2.24, 2.45) is 0 Å². The highest BCUT2D eigenvalue weighted by atomic mass is 16.5. The van der Waals surface area contributed by atoms with E-state index in [1.54, 1.807) is 6.92 Å². The number of hydrogen-bond donors (Lipinski definition) is 2. The van der Waals surface area contributed by atoms with Crippen LogP contribution in [0.3, 0.4) is 0 Å². The lowest BCUT2D eigenvalue weighted by atomic mass is 10.1. The summed E-state index contributed by atoms with van der Waals surface area (Å²) >= 11 is 0. The lowest BCUT2D eigenvalue weighted by Gasteiger charge is -2.14. The van der Waals surface area contributed by atoms with E-state index in [2.05, 4.69) is 24.4 Å². The van der Waals surface area contributed by atoms with Gasteiger partial charge in [0.2, 0.25) is 5.91 Å². The molecule has 0 spiro atoms. The first-order valence-electron chi connectivity index (χ1n) is 11.4. The number of hydrogen-bond acceptors (Lipinski definition) is 4. The Hall–Kier alpha value is -1.36. The minimum Gasteiger partial charge on any atom is -0.464 e. The highest BCUT2D eigenvalue weighted by Crippen LogP contribution is 2.10. The van der Waals surface area contributed by atoms with Gasteiger partial charge in [0.15, 0.2) is 6.04 Å². The van der Waals surface area contributed by atoms with Crippen LogP contribution in [0.5, 0.6) is 0 Å². The molecule has 0 aliphatic rings. The van der Waals surface area contributed by atoms with Gasteiger partial charge in [-0.15, -0.1) is 0 Å². The first-order chi connectivity index (χ1) is 13.7. The second-order valence-electron chi connectivity index (χ2n) is 7.39. The number of ether oxygens (including phenoxy) is 1. The molecule has 0 aromatic carbocycles. The Bertz CT molecular complexity index is 409. The molecule has 0 fully saturated rings. The van der Waals surface area contributed by atoms with Crippen molar-refractivity contribution in [3.63, 3.8) is 0 Å². The van der Waals surface area contributed by atoms with Gasteiger partial charge in [0, 0.05) is 6.42 Å². The van der Waals surface area contributed by atoms with Gasteiger partial charge in [0.05, 0.1) is 13.2 Å². The van der Waals surface area contributed by atoms with Gasteiger partial charge in [-0.2, -0.15) is 0 Å². The molecule has 0 radical (unpaired) electrons. The van der Waals surface area contributed by atoms with Gasteiger partial charge in [-0.05, 0) is 39.0 Å². The third-order valence-corrected chi connectivity index (χ3v) is 4.75. The normalized spacial score (nSPS) is 12.2. The van der Waals surface area contributed by atoms with E-state index in [1.165, 1.54) is 57.8 Å². The molecule has 5 nitrogen and oxygen atoms in total. The molecule has 1 atom stereocenters. The standard InChI is InChI=1S/C23H43NO4/c1-3-5-6-7-8-9-10-11-12-13-14-15-16-17-18-19-22(26)24-21(20-25)23(27)28-4-2/h11-12,21,25H,3-10,13-20H2,1-2H3,(H,24,26)/b12-11-. The molecule has 0 saturated carbocycles. The number of carbonyl (C=O) groups is 2. The summed E-state index contributed by atoms with van der Waals surface area (Å²) in [6.07, 6.45) is 20.8. The Morgan fingerprint density at radius 2 is 1.39 bits per heavy atom. The third-order valence-electron chi connectivity index (χ3n) is 4.75. The van der Waals surface area contributed by atoms with E-state index in [-0.39, 0.29) is 12.5 Å². The molecular weight excluding hydrogens is 354 g/mol. The van der Waals surface area contributed by atoms with Gasteiger partial charge >= 0.3 is 5.97 Å². The van der Waals surface area contributed by atoms with Crippen LogP contribution in [0.4, 0.5) is 0 Å². The zero-order valence-corrected chi connectivity index (χ0v) is 18.2. The van der Waals surface area contributed by atoms with Crippen molar-refractivity contribution < 1.29 is 19.4 Å². The fraction of sp³-hybridized carbons (Fsp3) is 0.826. The number of rotatable bonds is 19. The average molecular weight is 398 g/mol. The number of aliphatic hydroxyl groups is 1. The van der Waals surface area contributed by atoms with Crippen LogP contribution in [0.15, 0.2) is 12.2 Å². The van der Waals surface area contributed by atoms with Crippen molar-refractivity contribution in [3.8, 4) is 0 Å². The molecule has 0 aliphatic carbocycles. The van der Waals surface area contributed by atoms with Gasteiger partial charge in [0.1, 0.15) is 0 Å². The molecule has 28 heavy (non-hydrogen) atoms. The molecule has 164 valence electrons. The van der Waals surface area contributed by atoms with Gasteiger partial charge in [0.25, 0.3) is 0 Å². The number of allylic oxidation sites excluding steroid dienone is 2. The number of carbonyl (C=O) groups excluding carboxylic acids is 2. The molecule has 1 unspecified atom stereocenters. The van der Waals surface area contributed by atoms with Crippen LogP contribution in [0.25, 0.3) is 0 Å². The van der Waals surface area contributed by atoms with Crippen LogP contribution >= 0.6 is 0 Å². The first-order valence-corrected chi connectivity index (χ1v) is 11.4. The second kappa shape index (κ2) is 20.4. The molecule has 5 heteroatoms. The number of aliphatic hydroxyl groups excluding tert-OH is 1. The molecule has 0 saturated heterocycles. The Morgan fingerprint density at radius 3 is 1.93 bits per heavy atom. The summed E-state index contributed by atoms with van der Waals surface area (Å²) in [6, 6.07) is -0.949. The molecule has 0 aromatic heterocycles. The number of esters is 1. The van der Waals surface area contributed by atoms with E-state index >= 15 is 0 Å². The molecule has 1 amide bonds. The topological polar surface area (TPSA) is 75.6 Å². The maximum absolute atomic E-state index is 11.8. The third kappa shape index (κ3) is 16.8. The van der Waals surface area contributed by atoms with Gasteiger partial charge in [-0.3, -0.25) is 4.79 Å². The van der Waals surface area contributed by atoms with Gasteiger partial charge in [-0.25, -0.2) is 4.79 Å². The summed E-state index contributed by atoms with van der Waals surface area (Å²) in [5.74, 6) is -0.785. The summed E-state index contributed by atoms with van der Waals surface area (Å²) in [5.41, 5.74) is 0. The molecule has 0 heterocycles. The molecule has 0 bridgehead atoms. The number of unbranched alkanes of at least 4 members (excludes halogenated alkanes) is 11. The fourth-order valence-electron chi connectivity index (χ4n) is 3.04. The van der Waals surface area contributed by atoms with Crippen LogP contribution in [0.1, 0.15) is 104 Å². The van der Waals surface area contributed by atoms with E-state index in [0.717, 1.165) is 25.7 Å². The molecule has 0 aromatic rings. The number of nitrogens with one attached hydrogen (secondary N) is 1. The largest absolute Gasteiger partial charge is 0.464 e. The van der Waals surface area contributed by atoms with E-state index in [0.29, 0.717) is 6.42 Å². The van der Waals surface area contributed by atoms with Crippen LogP contribution in [0.2, 0.25) is 0 Å². The van der Waals surface area contributed by atoms with E-state index in [4.69, 9.17) is 9.84 Å². The predicted molar refractivity (Wildman–Crippen MR) is 115 cm³/mol. The second-order valence-corrected chi connectivity index (χ2v) is 7.39. The average Bonchev–Trinajstić information content (AvgIpc) is 2.69. The summed E-state index contributed by atoms with van der Waals surface area (Å²) in [7, 11) is 0. The van der Waals surface area contributed by atoms with Crippen LogP contribution in [-0.2, 0) is 14.3 Å². The maximum atomic E-state index is 11.8. The van der Waals surface area contributed by atoms with Crippen molar-refractivity contribution >= 4 is 11.9 Å². The first kappa shape index (κ1) is 26.6. The van der Waals surface area contributed by atoms with Crippen molar-refractivity contribution in [2.75, 3.05) is 13.2 Å². The maximum Gasteiger partial charge on any atom is 0.331 e. The highest BCUT2D eigenvalue weighted by Gasteiger charge is 2.20. The molecule has 2 N–H and O–H groups in total. The lowest BCUT2D eigenvalue weighted by Crippen LogP contribution is -2.44. The smallest absolute Gasteiger partial charge is 0.331 e. The van der Waals surface area contributed by atoms with E-state index < -0.39 is 18.6 Å². The summed E-state index contributed by atoms with van der Waals surface area (Å²) in [6.45, 7) is 3.75. The summed E-state index contributed by atoms with van der Waals surface area (Å²) in [4.78, 5) is 23.3. The Kier molecular flexibility index (Phi) is 19.4. The van der Waals surface area contributed by atoms with E-state index in [9.17, 15) is 9.59 Å². The fourth-order valence-corrected chi connectivity index (χ4v) is 3.04. The van der Waals surface area contributed by atoms with Gasteiger partial charge < -0.3 is 15.2 Å². The highest BCUT2D eigenvalue weighted by molar-refractivity contribution is 5.84.